The molecule has 3 N–H and O–H groups in total. The number of aliphatic hydroxyl groups is 2. The van der Waals surface area contributed by atoms with Crippen molar-refractivity contribution < 1.29 is 24.5 Å². The Morgan fingerprint density at radius 2 is 0.603 bits per heavy atom. The van der Waals surface area contributed by atoms with E-state index in [4.69, 9.17) is 4.74 Å². The zero-order chi connectivity index (χ0) is 56.4. The van der Waals surface area contributed by atoms with E-state index in [9.17, 15) is 19.8 Å². The van der Waals surface area contributed by atoms with E-state index in [1.807, 2.05) is 6.08 Å². The Kier molecular flexibility index (Phi) is 66.4. The first-order chi connectivity index (χ1) is 38.5. The van der Waals surface area contributed by atoms with Gasteiger partial charge in [-0.3, -0.25) is 9.59 Å². The number of carbonyl (C=O) groups is 2. The predicted octanol–water partition coefficient (Wildman–Crippen LogP) is 22.9. The molecule has 0 aliphatic rings. The molecule has 6 heteroatoms. The van der Waals surface area contributed by atoms with Gasteiger partial charge in [-0.1, -0.05) is 353 Å². The molecule has 0 aromatic carbocycles. The van der Waals surface area contributed by atoms with Crippen LogP contribution < -0.4 is 5.32 Å². The van der Waals surface area contributed by atoms with Gasteiger partial charge in [-0.25, -0.2) is 0 Å². The van der Waals surface area contributed by atoms with Gasteiger partial charge in [0.05, 0.1) is 25.4 Å². The van der Waals surface area contributed by atoms with Crippen LogP contribution in [0.1, 0.15) is 399 Å². The van der Waals surface area contributed by atoms with Gasteiger partial charge in [0.15, 0.2) is 0 Å². The highest BCUT2D eigenvalue weighted by atomic mass is 16.5. The SMILES string of the molecule is CCCCCCCCCCCC/C=C/C(O)C(CO)NC(=O)CCCCCCCCCCCCCCCCCC/C=C\CCCCCCCCCCCCCCOC(=O)CCCCCCCCCCCCCCCCCCC. The summed E-state index contributed by atoms with van der Waals surface area (Å²) in [6.07, 6.45) is 85.6. The van der Waals surface area contributed by atoms with Gasteiger partial charge in [0.2, 0.25) is 5.91 Å². The molecule has 0 radical (unpaired) electrons. The van der Waals surface area contributed by atoms with Crippen molar-refractivity contribution in [3.63, 3.8) is 0 Å². The third kappa shape index (κ3) is 63.5. The molecule has 2 atom stereocenters. The third-order valence-corrected chi connectivity index (χ3v) is 16.7. The van der Waals surface area contributed by atoms with E-state index in [2.05, 4.69) is 31.3 Å². The molecule has 1 amide bonds. The van der Waals surface area contributed by atoms with E-state index in [1.165, 1.54) is 334 Å². The van der Waals surface area contributed by atoms with E-state index in [-0.39, 0.29) is 18.5 Å². The van der Waals surface area contributed by atoms with Crippen molar-refractivity contribution in [1.29, 1.82) is 0 Å². The van der Waals surface area contributed by atoms with Crippen molar-refractivity contribution in [3.8, 4) is 0 Å². The summed E-state index contributed by atoms with van der Waals surface area (Å²) >= 11 is 0. The van der Waals surface area contributed by atoms with E-state index in [1.54, 1.807) is 6.08 Å². The molecule has 0 aromatic heterocycles. The fourth-order valence-electron chi connectivity index (χ4n) is 11.3. The largest absolute Gasteiger partial charge is 0.466 e. The average Bonchev–Trinajstić information content (AvgIpc) is 3.44. The molecular formula is C72H139NO5. The van der Waals surface area contributed by atoms with Gasteiger partial charge in [-0.2, -0.15) is 0 Å². The van der Waals surface area contributed by atoms with E-state index in [0.717, 1.165) is 38.5 Å². The molecule has 78 heavy (non-hydrogen) atoms. The first-order valence-corrected chi connectivity index (χ1v) is 35.6. The molecule has 0 aliphatic heterocycles. The maximum atomic E-state index is 12.5. The number of nitrogens with one attached hydrogen (secondary N) is 1. The highest BCUT2D eigenvalue weighted by molar-refractivity contribution is 5.76. The van der Waals surface area contributed by atoms with Gasteiger partial charge in [0.25, 0.3) is 0 Å². The molecule has 0 spiro atoms. The third-order valence-electron chi connectivity index (χ3n) is 16.7. The summed E-state index contributed by atoms with van der Waals surface area (Å²) in [6.45, 7) is 4.93. The monoisotopic (exact) mass is 1100 g/mol. The van der Waals surface area contributed by atoms with Crippen molar-refractivity contribution in [2.45, 2.75) is 411 Å². The topological polar surface area (TPSA) is 95.9 Å². The van der Waals surface area contributed by atoms with Gasteiger partial charge < -0.3 is 20.3 Å². The van der Waals surface area contributed by atoms with Crippen molar-refractivity contribution in [2.24, 2.45) is 0 Å². The lowest BCUT2D eigenvalue weighted by Gasteiger charge is -2.20. The van der Waals surface area contributed by atoms with Crippen molar-refractivity contribution >= 4 is 11.9 Å². The second-order valence-corrected chi connectivity index (χ2v) is 24.6. The molecule has 0 bridgehead atoms. The predicted molar refractivity (Wildman–Crippen MR) is 343 cm³/mol. The summed E-state index contributed by atoms with van der Waals surface area (Å²) in [4.78, 5) is 24.6. The normalized spacial score (nSPS) is 12.6. The van der Waals surface area contributed by atoms with Crippen LogP contribution in [0.2, 0.25) is 0 Å². The number of hydrogen-bond acceptors (Lipinski definition) is 5. The van der Waals surface area contributed by atoms with Crippen LogP contribution in [0.15, 0.2) is 24.3 Å². The van der Waals surface area contributed by atoms with Crippen LogP contribution in [-0.4, -0.2) is 47.4 Å². The fraction of sp³-hybridized carbons (Fsp3) is 0.917. The van der Waals surface area contributed by atoms with Crippen molar-refractivity contribution in [3.05, 3.63) is 24.3 Å². The lowest BCUT2D eigenvalue weighted by Crippen LogP contribution is -2.45. The van der Waals surface area contributed by atoms with Crippen molar-refractivity contribution in [1.82, 2.24) is 5.32 Å². The number of amides is 1. The molecule has 6 nitrogen and oxygen atoms in total. The maximum Gasteiger partial charge on any atom is 0.305 e. The minimum absolute atomic E-state index is 0.0225. The number of carbonyl (C=O) groups excluding carboxylic acids is 2. The van der Waals surface area contributed by atoms with Crippen LogP contribution in [0.4, 0.5) is 0 Å². The quantitative estimate of drug-likeness (QED) is 0.0320. The Bertz CT molecular complexity index is 1220. The first kappa shape index (κ1) is 76.3. The van der Waals surface area contributed by atoms with E-state index < -0.39 is 12.1 Å². The Morgan fingerprint density at radius 1 is 0.346 bits per heavy atom. The molecule has 0 rings (SSSR count). The van der Waals surface area contributed by atoms with Crippen LogP contribution in [0.5, 0.6) is 0 Å². The molecule has 2 unspecified atom stereocenters. The van der Waals surface area contributed by atoms with Gasteiger partial charge in [-0.15, -0.1) is 0 Å². The molecule has 0 saturated heterocycles. The van der Waals surface area contributed by atoms with Crippen LogP contribution in [0, 0.1) is 0 Å². The molecule has 462 valence electrons. The molecule has 0 saturated carbocycles. The van der Waals surface area contributed by atoms with Gasteiger partial charge >= 0.3 is 5.97 Å². The number of hydrogen-bond donors (Lipinski definition) is 3. The van der Waals surface area contributed by atoms with E-state index >= 15 is 0 Å². The number of ether oxygens (including phenoxy) is 1. The molecule has 0 fully saturated rings. The minimum Gasteiger partial charge on any atom is -0.466 e. The lowest BCUT2D eigenvalue weighted by molar-refractivity contribution is -0.143. The van der Waals surface area contributed by atoms with Crippen LogP contribution in [-0.2, 0) is 14.3 Å². The number of unbranched alkanes of at least 4 members (excludes halogenated alkanes) is 54. The molecular weight excluding hydrogens is 959 g/mol. The number of aliphatic hydroxyl groups excluding tert-OH is 2. The fourth-order valence-corrected chi connectivity index (χ4v) is 11.3. The maximum absolute atomic E-state index is 12.5. The standard InChI is InChI=1S/C72H139NO5/c1-3-5-7-9-11-13-15-17-18-35-39-42-46-50-54-58-62-66-72(77)78-67-63-59-55-51-47-43-40-37-34-32-30-28-26-24-22-20-19-21-23-25-27-29-31-33-36-38-41-45-49-53-57-61-65-71(76)73-69(68-74)70(75)64-60-56-52-48-44-16-14-12-10-8-6-4-2/h22,24,60,64,69-70,74-75H,3-21,23,25-59,61-63,65-68H2,1-2H3,(H,73,76)/b24-22-,64-60+. The summed E-state index contributed by atoms with van der Waals surface area (Å²) in [5.41, 5.74) is 0. The second-order valence-electron chi connectivity index (χ2n) is 24.6. The Hall–Kier alpha value is -1.66. The lowest BCUT2D eigenvalue weighted by atomic mass is 10.0. The van der Waals surface area contributed by atoms with E-state index in [0.29, 0.717) is 19.4 Å². The van der Waals surface area contributed by atoms with Crippen LogP contribution in [0.3, 0.4) is 0 Å². The highest BCUT2D eigenvalue weighted by Crippen LogP contribution is 2.19. The van der Waals surface area contributed by atoms with Gasteiger partial charge in [0.1, 0.15) is 0 Å². The summed E-state index contributed by atoms with van der Waals surface area (Å²) in [5, 5.41) is 23.1. The first-order valence-electron chi connectivity index (χ1n) is 35.6. The summed E-state index contributed by atoms with van der Waals surface area (Å²) < 4.78 is 5.51. The summed E-state index contributed by atoms with van der Waals surface area (Å²) in [7, 11) is 0. The smallest absolute Gasteiger partial charge is 0.305 e. The van der Waals surface area contributed by atoms with Gasteiger partial charge in [-0.05, 0) is 57.8 Å². The average molecular weight is 1100 g/mol. The summed E-state index contributed by atoms with van der Waals surface area (Å²) in [5.74, 6) is -0.0418. The molecule has 0 heterocycles. The Balaban J connectivity index is 3.33. The number of esters is 1. The molecule has 0 aliphatic carbocycles. The van der Waals surface area contributed by atoms with Crippen LogP contribution >= 0.6 is 0 Å². The highest BCUT2D eigenvalue weighted by Gasteiger charge is 2.18. The van der Waals surface area contributed by atoms with Gasteiger partial charge in [0, 0.05) is 12.8 Å². The van der Waals surface area contributed by atoms with Crippen molar-refractivity contribution in [2.75, 3.05) is 13.2 Å². The van der Waals surface area contributed by atoms with Crippen LogP contribution in [0.25, 0.3) is 0 Å². The Morgan fingerprint density at radius 3 is 0.910 bits per heavy atom. The number of rotatable bonds is 67. The molecule has 0 aromatic rings. The zero-order valence-electron chi connectivity index (χ0n) is 52.9. The zero-order valence-corrected chi connectivity index (χ0v) is 52.9. The second kappa shape index (κ2) is 67.8. The summed E-state index contributed by atoms with van der Waals surface area (Å²) in [6, 6.07) is -0.624. The minimum atomic E-state index is -0.841. The Labute approximate surface area is 488 Å². The number of allylic oxidation sites excluding steroid dienone is 3.